The molecule has 1 aromatic carbocycles. The van der Waals surface area contributed by atoms with Crippen LogP contribution in [0.4, 0.5) is 0 Å². The first-order chi connectivity index (χ1) is 15.2. The van der Waals surface area contributed by atoms with Gasteiger partial charge in [-0.05, 0) is 66.3 Å². The molecule has 154 valence electrons. The summed E-state index contributed by atoms with van der Waals surface area (Å²) in [6, 6.07) is 21.8. The second-order valence-electron chi connectivity index (χ2n) is 7.32. The minimum atomic E-state index is -0.125. The Balaban J connectivity index is 1.53. The first-order valence-corrected chi connectivity index (χ1v) is 11.1. The molecule has 2 atom stereocenters. The van der Waals surface area contributed by atoms with Gasteiger partial charge in [0.2, 0.25) is 0 Å². The van der Waals surface area contributed by atoms with Crippen LogP contribution < -0.4 is 5.32 Å². The van der Waals surface area contributed by atoms with Crippen molar-refractivity contribution in [3.63, 3.8) is 0 Å². The molecule has 1 fully saturated rings. The van der Waals surface area contributed by atoms with Crippen molar-refractivity contribution in [2.45, 2.75) is 18.6 Å². The monoisotopic (exact) mass is 490 g/mol. The lowest BCUT2D eigenvalue weighted by Crippen LogP contribution is -2.29. The Hall–Kier alpha value is -3.03. The summed E-state index contributed by atoms with van der Waals surface area (Å²) < 4.78 is 7.40. The smallest absolute Gasteiger partial charge is 0.170 e. The predicted octanol–water partition coefficient (Wildman–Crippen LogP) is 5.67. The van der Waals surface area contributed by atoms with E-state index in [1.165, 1.54) is 0 Å². The molecule has 0 saturated carbocycles. The standard InChI is InChI=1S/C24H19BrN4OS/c25-18-6-4-17(5-7-18)20-8-9-21(30-20)23-22(19-3-1-2-12-27-19)28-24(31)29(23)15-16-10-13-26-14-11-16/h1-14,22-23H,15H2,(H,28,31)/t22-,23-/m1/s1. The molecule has 7 heteroatoms. The van der Waals surface area contributed by atoms with Crippen molar-refractivity contribution in [1.82, 2.24) is 20.2 Å². The van der Waals surface area contributed by atoms with E-state index in [0.717, 1.165) is 32.8 Å². The van der Waals surface area contributed by atoms with Gasteiger partial charge in [-0.1, -0.05) is 34.1 Å². The molecule has 1 N–H and O–H groups in total. The van der Waals surface area contributed by atoms with Crippen molar-refractivity contribution < 1.29 is 4.42 Å². The van der Waals surface area contributed by atoms with E-state index in [0.29, 0.717) is 11.7 Å². The van der Waals surface area contributed by atoms with E-state index in [9.17, 15) is 0 Å². The van der Waals surface area contributed by atoms with Crippen molar-refractivity contribution in [3.05, 3.63) is 107 Å². The number of aromatic nitrogens is 2. The van der Waals surface area contributed by atoms with E-state index in [1.807, 2.05) is 66.7 Å². The summed E-state index contributed by atoms with van der Waals surface area (Å²) in [4.78, 5) is 10.9. The van der Waals surface area contributed by atoms with Gasteiger partial charge in [0.25, 0.3) is 0 Å². The van der Waals surface area contributed by atoms with Gasteiger partial charge >= 0.3 is 0 Å². The fourth-order valence-electron chi connectivity index (χ4n) is 3.85. The minimum Gasteiger partial charge on any atom is -0.459 e. The van der Waals surface area contributed by atoms with Crippen molar-refractivity contribution in [2.24, 2.45) is 0 Å². The number of halogens is 1. The number of hydrogen-bond acceptors (Lipinski definition) is 4. The summed E-state index contributed by atoms with van der Waals surface area (Å²) in [5, 5.41) is 4.14. The SMILES string of the molecule is S=C1N[C@H](c2ccccn2)[C@@H](c2ccc(-c3ccc(Br)cc3)o2)N1Cc1ccncc1. The second-order valence-corrected chi connectivity index (χ2v) is 8.62. The molecule has 1 saturated heterocycles. The lowest BCUT2D eigenvalue weighted by Gasteiger charge is -2.26. The van der Waals surface area contributed by atoms with Gasteiger partial charge in [-0.15, -0.1) is 0 Å². The summed E-state index contributed by atoms with van der Waals surface area (Å²) in [5.74, 6) is 1.67. The lowest BCUT2D eigenvalue weighted by molar-refractivity contribution is 0.269. The minimum absolute atomic E-state index is 0.112. The predicted molar refractivity (Wildman–Crippen MR) is 127 cm³/mol. The van der Waals surface area contributed by atoms with E-state index in [1.54, 1.807) is 18.6 Å². The Morgan fingerprint density at radius 2 is 1.77 bits per heavy atom. The van der Waals surface area contributed by atoms with Gasteiger partial charge in [0, 0.05) is 35.2 Å². The summed E-state index contributed by atoms with van der Waals surface area (Å²) in [5.41, 5.74) is 3.08. The van der Waals surface area contributed by atoms with Crippen LogP contribution in [0.25, 0.3) is 11.3 Å². The van der Waals surface area contributed by atoms with Crippen LogP contribution in [0.5, 0.6) is 0 Å². The molecule has 0 amide bonds. The zero-order valence-corrected chi connectivity index (χ0v) is 18.9. The van der Waals surface area contributed by atoms with Crippen molar-refractivity contribution >= 4 is 33.3 Å². The van der Waals surface area contributed by atoms with Crippen molar-refractivity contribution in [2.75, 3.05) is 0 Å². The van der Waals surface area contributed by atoms with Crippen LogP contribution in [0.1, 0.15) is 29.1 Å². The number of hydrogen-bond donors (Lipinski definition) is 1. The highest BCUT2D eigenvalue weighted by Crippen LogP contribution is 2.41. The maximum atomic E-state index is 6.36. The third kappa shape index (κ3) is 4.11. The normalized spacial score (nSPS) is 18.2. The maximum Gasteiger partial charge on any atom is 0.170 e. The van der Waals surface area contributed by atoms with E-state index >= 15 is 0 Å². The van der Waals surface area contributed by atoms with Crippen LogP contribution in [0, 0.1) is 0 Å². The van der Waals surface area contributed by atoms with E-state index in [4.69, 9.17) is 16.6 Å². The van der Waals surface area contributed by atoms with Crippen LogP contribution in [0.15, 0.2) is 94.2 Å². The Morgan fingerprint density at radius 1 is 0.968 bits per heavy atom. The molecule has 0 spiro atoms. The van der Waals surface area contributed by atoms with Gasteiger partial charge in [0.1, 0.15) is 17.6 Å². The maximum absolute atomic E-state index is 6.36. The van der Waals surface area contributed by atoms with Crippen LogP contribution in [0.3, 0.4) is 0 Å². The van der Waals surface area contributed by atoms with E-state index in [-0.39, 0.29) is 12.1 Å². The Kier molecular flexibility index (Phi) is 5.53. The van der Waals surface area contributed by atoms with E-state index in [2.05, 4.69) is 36.1 Å². The fraction of sp³-hybridized carbons (Fsp3) is 0.125. The first kappa shape index (κ1) is 19.9. The second kappa shape index (κ2) is 8.61. The Morgan fingerprint density at radius 3 is 2.52 bits per heavy atom. The molecule has 4 heterocycles. The molecule has 3 aromatic heterocycles. The average molecular weight is 491 g/mol. The number of pyridine rings is 2. The topological polar surface area (TPSA) is 54.2 Å². The molecular formula is C24H19BrN4OS. The first-order valence-electron chi connectivity index (χ1n) is 9.92. The highest BCUT2D eigenvalue weighted by atomic mass is 79.9. The zero-order valence-electron chi connectivity index (χ0n) is 16.5. The van der Waals surface area contributed by atoms with Crippen molar-refractivity contribution in [1.29, 1.82) is 0 Å². The number of benzene rings is 1. The van der Waals surface area contributed by atoms with Gasteiger partial charge in [0.15, 0.2) is 5.11 Å². The molecule has 1 aliphatic heterocycles. The molecule has 5 nitrogen and oxygen atoms in total. The van der Waals surface area contributed by atoms with Gasteiger partial charge in [-0.2, -0.15) is 0 Å². The molecule has 5 rings (SSSR count). The fourth-order valence-corrected chi connectivity index (χ4v) is 4.42. The van der Waals surface area contributed by atoms with Gasteiger partial charge < -0.3 is 14.6 Å². The quantitative estimate of drug-likeness (QED) is 0.363. The molecule has 4 aromatic rings. The van der Waals surface area contributed by atoms with Crippen molar-refractivity contribution in [3.8, 4) is 11.3 Å². The summed E-state index contributed by atoms with van der Waals surface area (Å²) in [7, 11) is 0. The van der Waals surface area contributed by atoms with Crippen LogP contribution >= 0.6 is 28.1 Å². The van der Waals surface area contributed by atoms with Crippen LogP contribution in [0.2, 0.25) is 0 Å². The third-order valence-electron chi connectivity index (χ3n) is 5.35. The molecule has 1 aliphatic rings. The molecule has 0 radical (unpaired) electrons. The van der Waals surface area contributed by atoms with Crippen LogP contribution in [-0.2, 0) is 6.54 Å². The molecule has 0 unspecified atom stereocenters. The lowest BCUT2D eigenvalue weighted by atomic mass is 10.0. The summed E-state index contributed by atoms with van der Waals surface area (Å²) in [6.45, 7) is 0.649. The highest BCUT2D eigenvalue weighted by molar-refractivity contribution is 9.10. The number of nitrogens with one attached hydrogen (secondary N) is 1. The number of thiocarbonyl (C=S) groups is 1. The highest BCUT2D eigenvalue weighted by Gasteiger charge is 2.41. The average Bonchev–Trinajstić information content (AvgIpc) is 3.41. The molecule has 0 bridgehead atoms. The molecule has 0 aliphatic carbocycles. The summed E-state index contributed by atoms with van der Waals surface area (Å²) >= 11 is 9.22. The molecular weight excluding hydrogens is 472 g/mol. The number of furan rings is 1. The van der Waals surface area contributed by atoms with Gasteiger partial charge in [-0.3, -0.25) is 9.97 Å². The Bertz CT molecular complexity index is 1180. The zero-order chi connectivity index (χ0) is 21.2. The van der Waals surface area contributed by atoms with Gasteiger partial charge in [0.05, 0.1) is 11.7 Å². The largest absolute Gasteiger partial charge is 0.459 e. The summed E-state index contributed by atoms with van der Waals surface area (Å²) in [6.07, 6.45) is 5.40. The van der Waals surface area contributed by atoms with Gasteiger partial charge in [-0.25, -0.2) is 0 Å². The van der Waals surface area contributed by atoms with Crippen LogP contribution in [-0.4, -0.2) is 20.0 Å². The third-order valence-corrected chi connectivity index (χ3v) is 6.23. The number of rotatable bonds is 5. The molecule has 31 heavy (non-hydrogen) atoms. The van der Waals surface area contributed by atoms with E-state index < -0.39 is 0 Å². The number of nitrogens with zero attached hydrogens (tertiary/aromatic N) is 3. The Labute approximate surface area is 194 Å².